The third-order valence-corrected chi connectivity index (χ3v) is 6.01. The molecule has 2 N–H and O–H groups in total. The van der Waals surface area contributed by atoms with E-state index in [1.165, 1.54) is 32.1 Å². The second-order valence-corrected chi connectivity index (χ2v) is 8.03. The molecule has 20 heavy (non-hydrogen) atoms. The van der Waals surface area contributed by atoms with Crippen LogP contribution in [0.3, 0.4) is 0 Å². The Bertz CT molecular complexity index is 350. The van der Waals surface area contributed by atoms with Crippen molar-refractivity contribution in [3.05, 3.63) is 0 Å². The van der Waals surface area contributed by atoms with E-state index in [0.717, 1.165) is 32.4 Å². The molecule has 6 heteroatoms. The topological polar surface area (TPSA) is 58.2 Å². The molecule has 0 bridgehead atoms. The molecule has 1 atom stereocenters. The van der Waals surface area contributed by atoms with Gasteiger partial charge in [-0.15, -0.1) is 12.4 Å². The second kappa shape index (κ2) is 9.23. The van der Waals surface area contributed by atoms with Crippen molar-refractivity contribution in [2.75, 3.05) is 25.4 Å². The minimum absolute atomic E-state index is 0. The highest BCUT2D eigenvalue weighted by Crippen LogP contribution is 2.24. The minimum Gasteiger partial charge on any atom is -0.316 e. The molecule has 1 saturated heterocycles. The summed E-state index contributed by atoms with van der Waals surface area (Å²) in [6.45, 7) is 2.77. The molecule has 2 aliphatic rings. The normalized spacial score (nSPS) is 25.1. The number of halogens is 1. The number of rotatable bonds is 6. The van der Waals surface area contributed by atoms with E-state index < -0.39 is 10.0 Å². The number of sulfonamides is 1. The average Bonchev–Trinajstić information content (AvgIpc) is 2.40. The molecule has 0 aromatic rings. The molecule has 1 saturated carbocycles. The summed E-state index contributed by atoms with van der Waals surface area (Å²) in [5.41, 5.74) is 0. The van der Waals surface area contributed by atoms with Crippen LogP contribution in [0.4, 0.5) is 0 Å². The van der Waals surface area contributed by atoms with Gasteiger partial charge in [-0.2, -0.15) is 0 Å². The van der Waals surface area contributed by atoms with Crippen molar-refractivity contribution in [3.8, 4) is 0 Å². The summed E-state index contributed by atoms with van der Waals surface area (Å²) in [7, 11) is -3.05. The first-order valence-corrected chi connectivity index (χ1v) is 9.49. The number of nitrogens with one attached hydrogen (secondary N) is 2. The lowest BCUT2D eigenvalue weighted by Gasteiger charge is -2.23. The maximum Gasteiger partial charge on any atom is 0.211 e. The van der Waals surface area contributed by atoms with E-state index >= 15 is 0 Å². The quantitative estimate of drug-likeness (QED) is 0.788. The number of hydrogen-bond donors (Lipinski definition) is 2. The van der Waals surface area contributed by atoms with Crippen LogP contribution in [0.2, 0.25) is 0 Å². The molecule has 2 fully saturated rings. The van der Waals surface area contributed by atoms with Crippen LogP contribution >= 0.6 is 12.4 Å². The Kier molecular flexibility index (Phi) is 8.41. The molecule has 1 unspecified atom stereocenters. The van der Waals surface area contributed by atoms with Gasteiger partial charge < -0.3 is 5.32 Å². The van der Waals surface area contributed by atoms with Crippen LogP contribution in [0.25, 0.3) is 0 Å². The Morgan fingerprint density at radius 1 is 1.00 bits per heavy atom. The van der Waals surface area contributed by atoms with Crippen LogP contribution in [-0.4, -0.2) is 33.8 Å². The summed E-state index contributed by atoms with van der Waals surface area (Å²) in [5, 5.41) is 3.37. The Labute approximate surface area is 129 Å². The summed E-state index contributed by atoms with van der Waals surface area (Å²) in [4.78, 5) is 0. The van der Waals surface area contributed by atoms with E-state index in [-0.39, 0.29) is 12.4 Å². The smallest absolute Gasteiger partial charge is 0.211 e. The van der Waals surface area contributed by atoms with Crippen LogP contribution < -0.4 is 10.0 Å². The Morgan fingerprint density at radius 2 is 1.70 bits per heavy atom. The molecule has 0 radical (unpaired) electrons. The average molecular weight is 325 g/mol. The molecule has 0 amide bonds. The monoisotopic (exact) mass is 324 g/mol. The van der Waals surface area contributed by atoms with Gasteiger partial charge in [-0.1, -0.05) is 19.3 Å². The standard InChI is InChI=1S/C14H28N2O2S.ClH/c17-19(18,12-14-5-2-1-3-6-14)16-10-8-13-7-4-9-15-11-13;/h13-16H,1-12H2;1H. The van der Waals surface area contributed by atoms with E-state index in [0.29, 0.717) is 24.1 Å². The van der Waals surface area contributed by atoms with E-state index in [4.69, 9.17) is 0 Å². The summed E-state index contributed by atoms with van der Waals surface area (Å²) in [6, 6.07) is 0. The van der Waals surface area contributed by atoms with Crippen molar-refractivity contribution >= 4 is 22.4 Å². The van der Waals surface area contributed by atoms with Gasteiger partial charge in [0.1, 0.15) is 0 Å². The molecule has 4 nitrogen and oxygen atoms in total. The van der Waals surface area contributed by atoms with Crippen molar-refractivity contribution in [2.45, 2.75) is 51.4 Å². The van der Waals surface area contributed by atoms with Gasteiger partial charge in [0.15, 0.2) is 0 Å². The van der Waals surface area contributed by atoms with E-state index in [2.05, 4.69) is 10.0 Å². The van der Waals surface area contributed by atoms with Crippen molar-refractivity contribution < 1.29 is 8.42 Å². The molecule has 1 heterocycles. The third-order valence-electron chi connectivity index (χ3n) is 4.45. The van der Waals surface area contributed by atoms with Gasteiger partial charge in [0, 0.05) is 6.54 Å². The van der Waals surface area contributed by atoms with Crippen LogP contribution in [-0.2, 0) is 10.0 Å². The summed E-state index contributed by atoms with van der Waals surface area (Å²) >= 11 is 0. The van der Waals surface area contributed by atoms with Gasteiger partial charge in [-0.05, 0) is 57.0 Å². The molecule has 120 valence electrons. The number of piperidine rings is 1. The lowest BCUT2D eigenvalue weighted by atomic mass is 9.91. The van der Waals surface area contributed by atoms with Crippen LogP contribution in [0.5, 0.6) is 0 Å². The van der Waals surface area contributed by atoms with Gasteiger partial charge in [0.2, 0.25) is 10.0 Å². The highest BCUT2D eigenvalue weighted by atomic mass is 35.5. The molecular formula is C14H29ClN2O2S. The predicted molar refractivity (Wildman–Crippen MR) is 85.8 cm³/mol. The lowest BCUT2D eigenvalue weighted by molar-refractivity contribution is 0.357. The zero-order chi connectivity index (χ0) is 13.6. The van der Waals surface area contributed by atoms with E-state index in [1.54, 1.807) is 0 Å². The largest absolute Gasteiger partial charge is 0.316 e. The van der Waals surface area contributed by atoms with Gasteiger partial charge in [0.05, 0.1) is 5.75 Å². The first-order valence-electron chi connectivity index (χ1n) is 7.84. The first-order chi connectivity index (χ1) is 9.16. The molecular weight excluding hydrogens is 296 g/mol. The van der Waals surface area contributed by atoms with Crippen molar-refractivity contribution in [1.82, 2.24) is 10.0 Å². The summed E-state index contributed by atoms with van der Waals surface area (Å²) in [5.74, 6) is 1.38. The van der Waals surface area contributed by atoms with E-state index in [1.807, 2.05) is 0 Å². The molecule has 1 aliphatic carbocycles. The summed E-state index contributed by atoms with van der Waals surface area (Å²) < 4.78 is 26.8. The highest BCUT2D eigenvalue weighted by Gasteiger charge is 2.21. The Morgan fingerprint density at radius 3 is 2.35 bits per heavy atom. The molecule has 0 spiro atoms. The zero-order valence-corrected chi connectivity index (χ0v) is 13.9. The maximum absolute atomic E-state index is 12.0. The van der Waals surface area contributed by atoms with Gasteiger partial charge in [-0.3, -0.25) is 0 Å². The fourth-order valence-electron chi connectivity index (χ4n) is 3.31. The van der Waals surface area contributed by atoms with Crippen molar-refractivity contribution in [2.24, 2.45) is 11.8 Å². The molecule has 1 aliphatic heterocycles. The van der Waals surface area contributed by atoms with Crippen LogP contribution in [0, 0.1) is 11.8 Å². The van der Waals surface area contributed by atoms with Gasteiger partial charge >= 0.3 is 0 Å². The fraction of sp³-hybridized carbons (Fsp3) is 1.00. The fourth-order valence-corrected chi connectivity index (χ4v) is 4.81. The third kappa shape index (κ3) is 6.74. The summed E-state index contributed by atoms with van der Waals surface area (Å²) in [6.07, 6.45) is 9.29. The second-order valence-electron chi connectivity index (χ2n) is 6.18. The van der Waals surface area contributed by atoms with Gasteiger partial charge in [0.25, 0.3) is 0 Å². The minimum atomic E-state index is -3.05. The zero-order valence-electron chi connectivity index (χ0n) is 12.3. The molecule has 0 aromatic heterocycles. The maximum atomic E-state index is 12.0. The Hall–Kier alpha value is 0.160. The highest BCUT2D eigenvalue weighted by molar-refractivity contribution is 7.89. The Balaban J connectivity index is 0.00000200. The van der Waals surface area contributed by atoms with E-state index in [9.17, 15) is 8.42 Å². The van der Waals surface area contributed by atoms with Crippen LogP contribution in [0.15, 0.2) is 0 Å². The molecule has 2 rings (SSSR count). The van der Waals surface area contributed by atoms with Crippen molar-refractivity contribution in [1.29, 1.82) is 0 Å². The lowest BCUT2D eigenvalue weighted by Crippen LogP contribution is -2.35. The molecule has 0 aromatic carbocycles. The predicted octanol–water partition coefficient (Wildman–Crippen LogP) is 2.30. The van der Waals surface area contributed by atoms with Crippen LogP contribution in [0.1, 0.15) is 51.4 Å². The number of hydrogen-bond acceptors (Lipinski definition) is 3. The SMILES string of the molecule is Cl.O=S(=O)(CC1CCCCC1)NCCC1CCCNC1. The van der Waals surface area contributed by atoms with Crippen molar-refractivity contribution in [3.63, 3.8) is 0 Å². The van der Waals surface area contributed by atoms with Gasteiger partial charge in [-0.25, -0.2) is 13.1 Å². The first kappa shape index (κ1) is 18.2.